The largest absolute Gasteiger partial charge is 0.481 e. The van der Waals surface area contributed by atoms with Crippen molar-refractivity contribution in [1.29, 1.82) is 0 Å². The number of carbonyl (C=O) groups is 1. The van der Waals surface area contributed by atoms with E-state index in [1.54, 1.807) is 7.11 Å². The molecule has 6 rings (SSSR count). The number of aromatic nitrogens is 2. The summed E-state index contributed by atoms with van der Waals surface area (Å²) in [6.07, 6.45) is 6.40. The number of nitrogens with one attached hydrogen (secondary N) is 1. The van der Waals surface area contributed by atoms with Gasteiger partial charge in [0.15, 0.2) is 0 Å². The Bertz CT molecular complexity index is 1850. The highest BCUT2D eigenvalue weighted by atomic mass is 35.5. The Labute approximate surface area is 274 Å². The van der Waals surface area contributed by atoms with Crippen molar-refractivity contribution < 1.29 is 9.53 Å². The molecule has 1 saturated heterocycles. The van der Waals surface area contributed by atoms with E-state index in [1.165, 1.54) is 10.9 Å². The van der Waals surface area contributed by atoms with Gasteiger partial charge in [0.2, 0.25) is 11.8 Å². The highest BCUT2D eigenvalue weighted by Crippen LogP contribution is 2.43. The zero-order valence-corrected chi connectivity index (χ0v) is 27.5. The van der Waals surface area contributed by atoms with E-state index < -0.39 is 0 Å². The minimum absolute atomic E-state index is 0.152. The molecular weight excluding hydrogens is 603 g/mol. The van der Waals surface area contributed by atoms with E-state index in [9.17, 15) is 4.79 Å². The Morgan fingerprint density at radius 2 is 1.69 bits per heavy atom. The van der Waals surface area contributed by atoms with E-state index in [1.807, 2.05) is 36.4 Å². The Hall–Kier alpha value is -3.84. The average Bonchev–Trinajstić information content (AvgIpc) is 3.65. The standard InChI is InChI=1S/C37H38Cl2N4O2/c1-42(2)21-22-43-20-19-26-23-25(14-17-33(26)43)28-9-5-10-29(35(28)38)30-11-6-12-31(36(30)39)32-16-13-24(37(41-32)45-3)7-4-8-27-15-18-34(44)40-27/h5-6,9-14,16-17,19-20,23,27H,4,7-8,15,18,21-22H2,1-3H3,(H,40,44)/t27-/m1/s1. The normalized spacial score (nSPS) is 14.8. The van der Waals surface area contributed by atoms with Gasteiger partial charge in [-0.05, 0) is 69.6 Å². The van der Waals surface area contributed by atoms with E-state index in [2.05, 4.69) is 71.5 Å². The number of methoxy groups -OCH3 is 1. The first kappa shape index (κ1) is 31.2. The number of aryl methyl sites for hydroxylation is 1. The van der Waals surface area contributed by atoms with Gasteiger partial charge in [-0.2, -0.15) is 0 Å². The van der Waals surface area contributed by atoms with E-state index in [4.69, 9.17) is 32.9 Å². The topological polar surface area (TPSA) is 59.4 Å². The Kier molecular flexibility index (Phi) is 9.45. The van der Waals surface area contributed by atoms with Crippen LogP contribution in [-0.4, -0.2) is 54.1 Å². The fourth-order valence-electron chi connectivity index (χ4n) is 6.19. The van der Waals surface area contributed by atoms with Crippen LogP contribution in [0.15, 0.2) is 79.0 Å². The molecule has 1 fully saturated rings. The molecule has 1 atom stereocenters. The van der Waals surface area contributed by atoms with E-state index in [-0.39, 0.29) is 11.9 Å². The van der Waals surface area contributed by atoms with Crippen molar-refractivity contribution in [3.05, 3.63) is 94.6 Å². The molecule has 0 bridgehead atoms. The third kappa shape index (κ3) is 6.74. The molecule has 5 aromatic rings. The molecule has 2 aromatic heterocycles. The first-order valence-electron chi connectivity index (χ1n) is 15.5. The van der Waals surface area contributed by atoms with E-state index in [0.29, 0.717) is 22.3 Å². The van der Waals surface area contributed by atoms with Gasteiger partial charge in [-0.1, -0.05) is 71.7 Å². The lowest BCUT2D eigenvalue weighted by atomic mass is 9.96. The molecule has 0 unspecified atom stereocenters. The van der Waals surface area contributed by atoms with Gasteiger partial charge in [-0.3, -0.25) is 4.79 Å². The molecule has 0 spiro atoms. The monoisotopic (exact) mass is 640 g/mol. The molecule has 3 aromatic carbocycles. The first-order chi connectivity index (χ1) is 21.8. The van der Waals surface area contributed by atoms with Crippen molar-refractivity contribution in [3.8, 4) is 39.4 Å². The summed E-state index contributed by atoms with van der Waals surface area (Å²) in [6.45, 7) is 1.92. The molecule has 3 heterocycles. The van der Waals surface area contributed by atoms with Crippen molar-refractivity contribution in [2.45, 2.75) is 44.7 Å². The molecule has 1 N–H and O–H groups in total. The van der Waals surface area contributed by atoms with Crippen LogP contribution in [0.4, 0.5) is 0 Å². The number of rotatable bonds is 11. The lowest BCUT2D eigenvalue weighted by molar-refractivity contribution is -0.119. The molecule has 8 heteroatoms. The summed E-state index contributed by atoms with van der Waals surface area (Å²) >= 11 is 14.2. The van der Waals surface area contributed by atoms with Gasteiger partial charge in [0.25, 0.3) is 0 Å². The minimum atomic E-state index is 0.152. The number of carbonyl (C=O) groups excluding carboxylic acids is 1. The van der Waals surface area contributed by atoms with Gasteiger partial charge in [-0.25, -0.2) is 4.98 Å². The van der Waals surface area contributed by atoms with Crippen molar-refractivity contribution in [1.82, 2.24) is 19.8 Å². The molecule has 1 aliphatic heterocycles. The number of halogens is 2. The van der Waals surface area contributed by atoms with E-state index in [0.717, 1.165) is 77.8 Å². The zero-order valence-electron chi connectivity index (χ0n) is 25.9. The minimum Gasteiger partial charge on any atom is -0.481 e. The average molecular weight is 642 g/mol. The molecule has 1 amide bonds. The van der Waals surface area contributed by atoms with Crippen molar-refractivity contribution >= 4 is 40.0 Å². The van der Waals surface area contributed by atoms with Crippen LogP contribution in [0.25, 0.3) is 44.4 Å². The molecule has 0 aliphatic carbocycles. The summed E-state index contributed by atoms with van der Waals surface area (Å²) in [6, 6.07) is 25.1. The summed E-state index contributed by atoms with van der Waals surface area (Å²) in [5, 5.41) is 5.47. The summed E-state index contributed by atoms with van der Waals surface area (Å²) in [5.74, 6) is 0.745. The van der Waals surface area contributed by atoms with Crippen LogP contribution in [-0.2, 0) is 17.8 Å². The number of fused-ring (bicyclic) bond motifs is 1. The number of nitrogens with zero attached hydrogens (tertiary/aromatic N) is 3. The maximum Gasteiger partial charge on any atom is 0.220 e. The number of hydrogen-bond acceptors (Lipinski definition) is 4. The molecule has 6 nitrogen and oxygen atoms in total. The quantitative estimate of drug-likeness (QED) is 0.157. The van der Waals surface area contributed by atoms with Crippen LogP contribution in [0.1, 0.15) is 31.2 Å². The lowest BCUT2D eigenvalue weighted by Gasteiger charge is -2.15. The van der Waals surface area contributed by atoms with Crippen LogP contribution < -0.4 is 10.1 Å². The summed E-state index contributed by atoms with van der Waals surface area (Å²) in [5.41, 5.74) is 7.53. The van der Waals surface area contributed by atoms with Crippen molar-refractivity contribution in [2.24, 2.45) is 0 Å². The summed E-state index contributed by atoms with van der Waals surface area (Å²) in [7, 11) is 5.83. The SMILES string of the molecule is COc1nc(-c2cccc(-c3cccc(-c4ccc5c(ccn5CCN(C)C)c4)c3Cl)c2Cl)ccc1CCC[C@@H]1CCC(=O)N1. The predicted octanol–water partition coefficient (Wildman–Crippen LogP) is 8.52. The maximum absolute atomic E-state index is 11.5. The highest BCUT2D eigenvalue weighted by molar-refractivity contribution is 6.39. The van der Waals surface area contributed by atoms with Crippen LogP contribution in [0.5, 0.6) is 5.88 Å². The maximum atomic E-state index is 11.5. The lowest BCUT2D eigenvalue weighted by Crippen LogP contribution is -2.25. The van der Waals surface area contributed by atoms with Gasteiger partial charge in [0.05, 0.1) is 22.8 Å². The number of amides is 1. The highest BCUT2D eigenvalue weighted by Gasteiger charge is 2.21. The molecule has 1 aliphatic rings. The summed E-state index contributed by atoms with van der Waals surface area (Å²) < 4.78 is 7.98. The van der Waals surface area contributed by atoms with Crippen LogP contribution in [0.2, 0.25) is 10.0 Å². The number of likely N-dealkylation sites (N-methyl/N-ethyl adjacent to an activating group) is 1. The van der Waals surface area contributed by atoms with Crippen LogP contribution in [0.3, 0.4) is 0 Å². The van der Waals surface area contributed by atoms with Gasteiger partial charge in [-0.15, -0.1) is 0 Å². The van der Waals surface area contributed by atoms with Gasteiger partial charge in [0, 0.05) is 70.5 Å². The Balaban J connectivity index is 1.26. The third-order valence-electron chi connectivity index (χ3n) is 8.65. The van der Waals surface area contributed by atoms with Gasteiger partial charge >= 0.3 is 0 Å². The predicted molar refractivity (Wildman–Crippen MR) is 185 cm³/mol. The van der Waals surface area contributed by atoms with Crippen molar-refractivity contribution in [2.75, 3.05) is 27.7 Å². The van der Waals surface area contributed by atoms with Gasteiger partial charge < -0.3 is 19.5 Å². The smallest absolute Gasteiger partial charge is 0.220 e. The Morgan fingerprint density at radius 3 is 2.40 bits per heavy atom. The second-order valence-corrected chi connectivity index (χ2v) is 12.7. The number of hydrogen-bond donors (Lipinski definition) is 1. The summed E-state index contributed by atoms with van der Waals surface area (Å²) in [4.78, 5) is 18.6. The second kappa shape index (κ2) is 13.7. The third-order valence-corrected chi connectivity index (χ3v) is 9.46. The fraction of sp³-hybridized carbons (Fsp3) is 0.297. The number of pyridine rings is 1. The first-order valence-corrected chi connectivity index (χ1v) is 16.2. The number of benzene rings is 3. The van der Waals surface area contributed by atoms with Gasteiger partial charge in [0.1, 0.15) is 0 Å². The number of ether oxygens (including phenoxy) is 1. The van der Waals surface area contributed by atoms with Crippen LogP contribution in [0, 0.1) is 0 Å². The van der Waals surface area contributed by atoms with E-state index >= 15 is 0 Å². The van der Waals surface area contributed by atoms with Crippen LogP contribution >= 0.6 is 23.2 Å². The Morgan fingerprint density at radius 1 is 0.956 bits per heavy atom. The molecular formula is C37H38Cl2N4O2. The molecule has 0 saturated carbocycles. The zero-order chi connectivity index (χ0) is 31.5. The fourth-order valence-corrected chi connectivity index (χ4v) is 6.85. The second-order valence-electron chi connectivity index (χ2n) is 12.0. The molecule has 232 valence electrons. The molecule has 45 heavy (non-hydrogen) atoms. The van der Waals surface area contributed by atoms with Crippen molar-refractivity contribution in [3.63, 3.8) is 0 Å². The molecule has 0 radical (unpaired) electrons.